The van der Waals surface area contributed by atoms with E-state index < -0.39 is 47.9 Å². The van der Waals surface area contributed by atoms with Crippen molar-refractivity contribution < 1.29 is 29.4 Å². The Bertz CT molecular complexity index is 850. The number of aromatic hydroxyl groups is 1. The summed E-state index contributed by atoms with van der Waals surface area (Å²) in [4.78, 5) is 49.5. The van der Waals surface area contributed by atoms with E-state index >= 15 is 0 Å². The second kappa shape index (κ2) is 16.5. The molecule has 0 aromatic heterocycles. The maximum Gasteiger partial charge on any atom is 0.326 e. The number of carboxylic acids is 1. The summed E-state index contributed by atoms with van der Waals surface area (Å²) < 4.78 is 0. The zero-order valence-corrected chi connectivity index (χ0v) is 20.7. The number of nitrogens with one attached hydrogen (secondary N) is 3. The Morgan fingerprint density at radius 1 is 0.806 bits per heavy atom. The predicted octanol–water partition coefficient (Wildman–Crippen LogP) is -0.921. The fourth-order valence-electron chi connectivity index (χ4n) is 3.45. The Kier molecular flexibility index (Phi) is 14.1. The Hall–Kier alpha value is -3.22. The molecule has 11 N–H and O–H groups in total. The van der Waals surface area contributed by atoms with Gasteiger partial charge in [0.1, 0.15) is 23.9 Å². The van der Waals surface area contributed by atoms with Crippen LogP contribution in [0.15, 0.2) is 24.3 Å². The molecular formula is C24H40N6O6. The summed E-state index contributed by atoms with van der Waals surface area (Å²) in [5.41, 5.74) is 17.7. The highest BCUT2D eigenvalue weighted by Gasteiger charge is 2.28. The van der Waals surface area contributed by atoms with E-state index in [1.54, 1.807) is 12.1 Å². The zero-order chi connectivity index (χ0) is 27.1. The Morgan fingerprint density at radius 3 is 1.86 bits per heavy atom. The van der Waals surface area contributed by atoms with Crippen molar-refractivity contribution in [1.82, 2.24) is 16.0 Å². The van der Waals surface area contributed by atoms with Crippen molar-refractivity contribution in [3.05, 3.63) is 29.8 Å². The van der Waals surface area contributed by atoms with Gasteiger partial charge in [-0.25, -0.2) is 4.79 Å². The van der Waals surface area contributed by atoms with Crippen molar-refractivity contribution in [2.45, 2.75) is 76.0 Å². The van der Waals surface area contributed by atoms with E-state index in [2.05, 4.69) is 16.0 Å². The van der Waals surface area contributed by atoms with Gasteiger partial charge in [-0.15, -0.1) is 0 Å². The lowest BCUT2D eigenvalue weighted by Gasteiger charge is -2.23. The number of hydrogen-bond donors (Lipinski definition) is 8. The van der Waals surface area contributed by atoms with Crippen molar-refractivity contribution in [3.8, 4) is 5.75 Å². The van der Waals surface area contributed by atoms with Crippen LogP contribution in [-0.2, 0) is 25.6 Å². The number of benzene rings is 1. The highest BCUT2D eigenvalue weighted by Crippen LogP contribution is 2.11. The van der Waals surface area contributed by atoms with Crippen molar-refractivity contribution >= 4 is 23.7 Å². The molecule has 12 heteroatoms. The highest BCUT2D eigenvalue weighted by molar-refractivity contribution is 5.93. The van der Waals surface area contributed by atoms with Crippen molar-refractivity contribution in [2.75, 3.05) is 13.1 Å². The molecule has 4 unspecified atom stereocenters. The number of aliphatic carboxylic acids is 1. The molecule has 1 aromatic carbocycles. The number of phenolic OH excluding ortho intramolecular Hbond substituents is 1. The maximum atomic E-state index is 12.9. The predicted molar refractivity (Wildman–Crippen MR) is 135 cm³/mol. The van der Waals surface area contributed by atoms with E-state index in [4.69, 9.17) is 17.2 Å². The smallest absolute Gasteiger partial charge is 0.326 e. The fraction of sp³-hybridized carbons (Fsp3) is 0.583. The fourth-order valence-corrected chi connectivity index (χ4v) is 3.45. The van der Waals surface area contributed by atoms with Gasteiger partial charge in [-0.2, -0.15) is 0 Å². The Balaban J connectivity index is 2.75. The normalized spacial score (nSPS) is 14.2. The van der Waals surface area contributed by atoms with Gasteiger partial charge in [-0.05, 0) is 82.7 Å². The lowest BCUT2D eigenvalue weighted by molar-refractivity contribution is -0.142. The third kappa shape index (κ3) is 11.5. The number of carbonyl (C=O) groups is 4. The average molecular weight is 509 g/mol. The second-order valence-electron chi connectivity index (χ2n) is 8.74. The summed E-state index contributed by atoms with van der Waals surface area (Å²) >= 11 is 0. The SMILES string of the molecule is CC(NC(=O)C(CCCCN)NC(=O)C(N)Cc1ccc(O)cc1)C(=O)NC(CCCCN)C(=O)O. The molecule has 0 saturated carbocycles. The molecule has 0 aliphatic rings. The van der Waals surface area contributed by atoms with Crippen molar-refractivity contribution in [2.24, 2.45) is 17.2 Å². The maximum absolute atomic E-state index is 12.9. The molecule has 0 bridgehead atoms. The summed E-state index contributed by atoms with van der Waals surface area (Å²) in [6.07, 6.45) is 3.06. The second-order valence-corrected chi connectivity index (χ2v) is 8.74. The Labute approximate surface area is 211 Å². The highest BCUT2D eigenvalue weighted by atomic mass is 16.4. The summed E-state index contributed by atoms with van der Waals surface area (Å²) in [6.45, 7) is 2.27. The van der Waals surface area contributed by atoms with Crippen LogP contribution >= 0.6 is 0 Å². The van der Waals surface area contributed by atoms with Gasteiger partial charge < -0.3 is 43.4 Å². The first-order valence-corrected chi connectivity index (χ1v) is 12.2. The number of carbonyl (C=O) groups excluding carboxylic acids is 3. The summed E-state index contributed by atoms with van der Waals surface area (Å²) in [7, 11) is 0. The van der Waals surface area contributed by atoms with Gasteiger partial charge in [0.15, 0.2) is 0 Å². The van der Waals surface area contributed by atoms with Crippen LogP contribution in [0.1, 0.15) is 51.0 Å². The number of nitrogens with two attached hydrogens (primary N) is 3. The molecule has 0 fully saturated rings. The van der Waals surface area contributed by atoms with Gasteiger partial charge in [0, 0.05) is 0 Å². The topological polar surface area (TPSA) is 223 Å². The van der Waals surface area contributed by atoms with Crippen LogP contribution in [-0.4, -0.2) is 71.2 Å². The molecule has 202 valence electrons. The van der Waals surface area contributed by atoms with Crippen LogP contribution in [0.2, 0.25) is 0 Å². The van der Waals surface area contributed by atoms with Gasteiger partial charge in [0.25, 0.3) is 0 Å². The lowest BCUT2D eigenvalue weighted by atomic mass is 10.0. The molecular weight excluding hydrogens is 468 g/mol. The summed E-state index contributed by atoms with van der Waals surface area (Å²) in [6, 6.07) is 2.25. The third-order valence-corrected chi connectivity index (χ3v) is 5.62. The number of phenols is 1. The standard InChI is InChI=1S/C24H40N6O6/c1-15(21(32)30-20(24(35)36)7-3-5-13-26)28-23(34)19(6-2-4-12-25)29-22(33)18(27)14-16-8-10-17(31)11-9-16/h8-11,15,18-20,31H,2-7,12-14,25-27H2,1H3,(H,28,34)(H,29,33)(H,30,32)(H,35,36). The quantitative estimate of drug-likeness (QED) is 0.122. The van der Waals surface area contributed by atoms with Crippen LogP contribution in [0.5, 0.6) is 5.75 Å². The first-order valence-electron chi connectivity index (χ1n) is 12.2. The molecule has 0 heterocycles. The molecule has 0 saturated heterocycles. The minimum atomic E-state index is -1.17. The van der Waals surface area contributed by atoms with Crippen LogP contribution in [0.3, 0.4) is 0 Å². The summed E-state index contributed by atoms with van der Waals surface area (Å²) in [5, 5.41) is 26.3. The third-order valence-electron chi connectivity index (χ3n) is 5.62. The Morgan fingerprint density at radius 2 is 1.33 bits per heavy atom. The van der Waals surface area contributed by atoms with Gasteiger partial charge >= 0.3 is 5.97 Å². The largest absolute Gasteiger partial charge is 0.508 e. The number of rotatable bonds is 17. The van der Waals surface area contributed by atoms with E-state index in [9.17, 15) is 29.4 Å². The van der Waals surface area contributed by atoms with Crippen LogP contribution < -0.4 is 33.2 Å². The first-order chi connectivity index (χ1) is 17.1. The van der Waals surface area contributed by atoms with Gasteiger partial charge in [-0.1, -0.05) is 12.1 Å². The molecule has 0 aliphatic carbocycles. The minimum Gasteiger partial charge on any atom is -0.508 e. The minimum absolute atomic E-state index is 0.0943. The molecule has 1 rings (SSSR count). The van der Waals surface area contributed by atoms with Gasteiger partial charge in [0.05, 0.1) is 6.04 Å². The molecule has 3 amide bonds. The number of amides is 3. The van der Waals surface area contributed by atoms with Crippen molar-refractivity contribution in [3.63, 3.8) is 0 Å². The number of unbranched alkanes of at least 4 members (excludes halogenated alkanes) is 2. The zero-order valence-electron chi connectivity index (χ0n) is 20.7. The van der Waals surface area contributed by atoms with Crippen LogP contribution in [0.4, 0.5) is 0 Å². The molecule has 0 spiro atoms. The van der Waals surface area contributed by atoms with Crippen LogP contribution in [0.25, 0.3) is 0 Å². The molecule has 0 aliphatic heterocycles. The molecule has 0 radical (unpaired) electrons. The van der Waals surface area contributed by atoms with E-state index in [1.807, 2.05) is 0 Å². The van der Waals surface area contributed by atoms with Gasteiger partial charge in [0.2, 0.25) is 17.7 Å². The molecule has 12 nitrogen and oxygen atoms in total. The number of carboxylic acid groups (broad SMARTS) is 1. The number of hydrogen-bond acceptors (Lipinski definition) is 8. The summed E-state index contributed by atoms with van der Waals surface area (Å²) in [5.74, 6) is -2.86. The lowest BCUT2D eigenvalue weighted by Crippen LogP contribution is -2.56. The van der Waals surface area contributed by atoms with Crippen LogP contribution in [0, 0.1) is 0 Å². The average Bonchev–Trinajstić information content (AvgIpc) is 2.83. The van der Waals surface area contributed by atoms with E-state index in [0.29, 0.717) is 38.8 Å². The van der Waals surface area contributed by atoms with Crippen molar-refractivity contribution in [1.29, 1.82) is 0 Å². The monoisotopic (exact) mass is 508 g/mol. The van der Waals surface area contributed by atoms with Gasteiger partial charge in [-0.3, -0.25) is 14.4 Å². The first kappa shape index (κ1) is 30.8. The van der Waals surface area contributed by atoms with E-state index in [1.165, 1.54) is 19.1 Å². The molecule has 4 atom stereocenters. The molecule has 36 heavy (non-hydrogen) atoms. The van der Waals surface area contributed by atoms with E-state index in [-0.39, 0.29) is 25.0 Å². The molecule has 1 aromatic rings. The van der Waals surface area contributed by atoms with E-state index in [0.717, 1.165) is 5.56 Å².